The molecule has 0 aromatic carbocycles. The number of anilines is 1. The van der Waals surface area contributed by atoms with Crippen LogP contribution in [0.4, 0.5) is 5.82 Å². The zero-order chi connectivity index (χ0) is 12.5. The largest absolute Gasteiger partial charge is 0.381 e. The summed E-state index contributed by atoms with van der Waals surface area (Å²) >= 11 is 0. The molecule has 1 aromatic heterocycles. The number of nitrogens with two attached hydrogens (primary N) is 1. The van der Waals surface area contributed by atoms with E-state index in [4.69, 9.17) is 10.6 Å². The predicted molar refractivity (Wildman–Crippen MR) is 61.4 cm³/mol. The molecule has 2 heterocycles. The Balaban J connectivity index is 2.32. The minimum atomic E-state index is -3.66. The third kappa shape index (κ3) is 2.28. The van der Waals surface area contributed by atoms with Crippen molar-refractivity contribution < 1.29 is 13.3 Å². The highest BCUT2D eigenvalue weighted by Gasteiger charge is 2.32. The average molecular weight is 260 g/mol. The van der Waals surface area contributed by atoms with E-state index >= 15 is 0 Å². The van der Waals surface area contributed by atoms with Crippen LogP contribution in [0.15, 0.2) is 11.1 Å². The summed E-state index contributed by atoms with van der Waals surface area (Å²) in [5, 5.41) is 3.97. The molecule has 7 nitrogen and oxygen atoms in total. The van der Waals surface area contributed by atoms with E-state index in [0.29, 0.717) is 26.1 Å². The summed E-state index contributed by atoms with van der Waals surface area (Å²) in [7, 11) is -3.66. The molecule has 96 valence electrons. The van der Waals surface area contributed by atoms with Crippen molar-refractivity contribution in [3.63, 3.8) is 0 Å². The van der Waals surface area contributed by atoms with E-state index in [1.807, 2.05) is 6.92 Å². The lowest BCUT2D eigenvalue weighted by atomic mass is 10.5. The first-order valence-electron chi connectivity index (χ1n) is 5.54. The number of hydroxylamine groups is 1. The summed E-state index contributed by atoms with van der Waals surface area (Å²) in [4.78, 5) is 5.07. The van der Waals surface area contributed by atoms with Crippen molar-refractivity contribution in [1.29, 1.82) is 0 Å². The molecule has 1 aliphatic heterocycles. The molecular formula is C9H16N4O3S. The van der Waals surface area contributed by atoms with Crippen LogP contribution in [0, 0.1) is 0 Å². The van der Waals surface area contributed by atoms with Crippen molar-refractivity contribution >= 4 is 15.8 Å². The first-order valence-corrected chi connectivity index (χ1v) is 6.98. The quantitative estimate of drug-likeness (QED) is 0.835. The summed E-state index contributed by atoms with van der Waals surface area (Å²) in [5.41, 5.74) is 5.63. The zero-order valence-electron chi connectivity index (χ0n) is 9.66. The third-order valence-electron chi connectivity index (χ3n) is 2.47. The van der Waals surface area contributed by atoms with Crippen LogP contribution in [0.5, 0.6) is 0 Å². The zero-order valence-corrected chi connectivity index (χ0v) is 10.5. The van der Waals surface area contributed by atoms with Crippen LogP contribution < -0.4 is 5.73 Å². The number of hydrogen-bond acceptors (Lipinski definition) is 5. The van der Waals surface area contributed by atoms with Gasteiger partial charge in [-0.1, -0.05) is 11.4 Å². The van der Waals surface area contributed by atoms with Gasteiger partial charge < -0.3 is 5.73 Å². The molecule has 0 bridgehead atoms. The second-order valence-electron chi connectivity index (χ2n) is 3.86. The highest BCUT2D eigenvalue weighted by atomic mass is 32.2. The second-order valence-corrected chi connectivity index (χ2v) is 5.66. The van der Waals surface area contributed by atoms with E-state index < -0.39 is 10.0 Å². The Hall–Kier alpha value is -1.12. The van der Waals surface area contributed by atoms with Crippen LogP contribution in [0.25, 0.3) is 0 Å². The van der Waals surface area contributed by atoms with Gasteiger partial charge in [-0.15, -0.1) is 0 Å². The number of sulfonamides is 1. The van der Waals surface area contributed by atoms with Gasteiger partial charge in [-0.25, -0.2) is 8.42 Å². The molecule has 0 atom stereocenters. The molecule has 0 amide bonds. The van der Waals surface area contributed by atoms with Crippen molar-refractivity contribution in [1.82, 2.24) is 14.2 Å². The Labute approximate surface area is 100 Å². The highest BCUT2D eigenvalue weighted by Crippen LogP contribution is 2.23. The van der Waals surface area contributed by atoms with E-state index in [2.05, 4.69) is 5.10 Å². The van der Waals surface area contributed by atoms with Gasteiger partial charge in [-0.05, 0) is 12.8 Å². The predicted octanol–water partition coefficient (Wildman–Crippen LogP) is 0.201. The number of aromatic nitrogens is 2. The van der Waals surface area contributed by atoms with Crippen LogP contribution >= 0.6 is 0 Å². The molecule has 1 aromatic rings. The maximum absolute atomic E-state index is 12.1. The summed E-state index contributed by atoms with van der Waals surface area (Å²) < 4.78 is 26.8. The van der Waals surface area contributed by atoms with Crippen molar-refractivity contribution in [3.05, 3.63) is 6.20 Å². The van der Waals surface area contributed by atoms with Gasteiger partial charge in [0.2, 0.25) is 0 Å². The van der Waals surface area contributed by atoms with Crippen LogP contribution in [0.2, 0.25) is 0 Å². The number of aryl methyl sites for hydroxylation is 1. The van der Waals surface area contributed by atoms with Gasteiger partial charge in [-0.2, -0.15) is 5.10 Å². The van der Waals surface area contributed by atoms with Crippen molar-refractivity contribution in [3.8, 4) is 0 Å². The first-order chi connectivity index (χ1) is 8.05. The van der Waals surface area contributed by atoms with Crippen molar-refractivity contribution in [2.75, 3.05) is 18.9 Å². The van der Waals surface area contributed by atoms with Gasteiger partial charge in [0.15, 0.2) is 5.82 Å². The van der Waals surface area contributed by atoms with Gasteiger partial charge in [0.25, 0.3) is 10.0 Å². The Morgan fingerprint density at radius 3 is 2.94 bits per heavy atom. The highest BCUT2D eigenvalue weighted by molar-refractivity contribution is 7.89. The molecule has 0 spiro atoms. The molecule has 0 saturated carbocycles. The Bertz CT molecular complexity index is 490. The minimum absolute atomic E-state index is 0.0212. The van der Waals surface area contributed by atoms with Crippen LogP contribution in [0.3, 0.4) is 0 Å². The normalized spacial score (nSPS) is 17.7. The van der Waals surface area contributed by atoms with E-state index in [1.165, 1.54) is 10.9 Å². The average Bonchev–Trinajstić information content (AvgIpc) is 2.88. The number of hydrogen-bond donors (Lipinski definition) is 1. The van der Waals surface area contributed by atoms with Gasteiger partial charge in [0, 0.05) is 19.3 Å². The maximum atomic E-state index is 12.1. The monoisotopic (exact) mass is 260 g/mol. The molecule has 17 heavy (non-hydrogen) atoms. The molecule has 0 radical (unpaired) electrons. The first kappa shape index (κ1) is 12.3. The number of rotatable bonds is 4. The molecule has 2 rings (SSSR count). The maximum Gasteiger partial charge on any atom is 0.270 e. The van der Waals surface area contributed by atoms with Gasteiger partial charge in [-0.3, -0.25) is 9.52 Å². The lowest BCUT2D eigenvalue weighted by molar-refractivity contribution is -0.0284. The van der Waals surface area contributed by atoms with Gasteiger partial charge >= 0.3 is 0 Å². The van der Waals surface area contributed by atoms with Gasteiger partial charge in [0.1, 0.15) is 4.90 Å². The molecule has 2 N–H and O–H groups in total. The standard InChI is InChI=1S/C9H16N4O3S/c1-2-4-12-7-8(9(10)11-12)17(14,15)13-5-3-6-16-13/h7H,2-6H2,1H3,(H2,10,11). The Kier molecular flexibility index (Phi) is 3.36. The van der Waals surface area contributed by atoms with Gasteiger partial charge in [0.05, 0.1) is 6.61 Å². The van der Waals surface area contributed by atoms with Crippen LogP contribution in [-0.4, -0.2) is 35.8 Å². The van der Waals surface area contributed by atoms with Crippen molar-refractivity contribution in [2.24, 2.45) is 0 Å². The lowest BCUT2D eigenvalue weighted by Crippen LogP contribution is -2.27. The molecule has 1 aliphatic rings. The summed E-state index contributed by atoms with van der Waals surface area (Å²) in [5.74, 6) is 0.0222. The van der Waals surface area contributed by atoms with E-state index in [0.717, 1.165) is 10.9 Å². The smallest absolute Gasteiger partial charge is 0.270 e. The summed E-state index contributed by atoms with van der Waals surface area (Å²) in [6, 6.07) is 0. The molecule has 1 fully saturated rings. The van der Waals surface area contributed by atoms with E-state index in [9.17, 15) is 8.42 Å². The molecule has 8 heteroatoms. The summed E-state index contributed by atoms with van der Waals surface area (Å²) in [6.45, 7) is 3.40. The van der Waals surface area contributed by atoms with Crippen molar-refractivity contribution in [2.45, 2.75) is 31.2 Å². The molecule has 0 aliphatic carbocycles. The summed E-state index contributed by atoms with van der Waals surface area (Å²) in [6.07, 6.45) is 3.01. The molecule has 0 unspecified atom stereocenters. The Morgan fingerprint density at radius 1 is 1.59 bits per heavy atom. The Morgan fingerprint density at radius 2 is 2.35 bits per heavy atom. The third-order valence-corrected chi connectivity index (χ3v) is 4.17. The van der Waals surface area contributed by atoms with E-state index in [1.54, 1.807) is 0 Å². The second kappa shape index (κ2) is 4.63. The minimum Gasteiger partial charge on any atom is -0.381 e. The fraction of sp³-hybridized carbons (Fsp3) is 0.667. The number of nitrogens with zero attached hydrogens (tertiary/aromatic N) is 3. The van der Waals surface area contributed by atoms with Crippen LogP contribution in [-0.2, 0) is 21.4 Å². The fourth-order valence-electron chi connectivity index (χ4n) is 1.68. The lowest BCUT2D eigenvalue weighted by Gasteiger charge is -2.12. The molecule has 1 saturated heterocycles. The van der Waals surface area contributed by atoms with Crippen LogP contribution in [0.1, 0.15) is 19.8 Å². The number of nitrogen functional groups attached to an aromatic ring is 1. The molecular weight excluding hydrogens is 244 g/mol. The topological polar surface area (TPSA) is 90.5 Å². The SMILES string of the molecule is CCCn1cc(S(=O)(=O)N2CCCO2)c(N)n1. The fourth-order valence-corrected chi connectivity index (χ4v) is 3.05. The van der Waals surface area contributed by atoms with E-state index in [-0.39, 0.29) is 10.7 Å².